The molecule has 0 aliphatic carbocycles. The Bertz CT molecular complexity index is 1040. The van der Waals surface area contributed by atoms with Gasteiger partial charge in [-0.3, -0.25) is 14.6 Å². The van der Waals surface area contributed by atoms with Crippen LogP contribution in [-0.2, 0) is 4.79 Å². The van der Waals surface area contributed by atoms with Crippen LogP contribution in [0.25, 0.3) is 11.1 Å². The fourth-order valence-corrected chi connectivity index (χ4v) is 3.99. The molecule has 1 aromatic heterocycles. The summed E-state index contributed by atoms with van der Waals surface area (Å²) in [5.41, 5.74) is 3.31. The molecule has 0 spiro atoms. The highest BCUT2D eigenvalue weighted by Gasteiger charge is 2.36. The first-order valence-electron chi connectivity index (χ1n) is 10.7. The lowest BCUT2D eigenvalue weighted by Crippen LogP contribution is -2.58. The number of unbranched alkanes of at least 4 members (excludes halogenated alkanes) is 1. The number of amides is 2. The van der Waals surface area contributed by atoms with E-state index in [1.807, 2.05) is 47.4 Å². The van der Waals surface area contributed by atoms with Crippen LogP contribution in [0.5, 0.6) is 0 Å². The Kier molecular flexibility index (Phi) is 6.36. The van der Waals surface area contributed by atoms with E-state index >= 15 is 0 Å². The molecule has 2 amide bonds. The molecule has 1 aliphatic rings. The Labute approximate surface area is 182 Å². The molecule has 31 heavy (non-hydrogen) atoms. The molecule has 3 aromatic rings. The summed E-state index contributed by atoms with van der Waals surface area (Å²) in [6.45, 7) is 2.65. The molecule has 1 aliphatic heterocycles. The third kappa shape index (κ3) is 4.63. The highest BCUT2D eigenvalue weighted by Crippen LogP contribution is 2.28. The van der Waals surface area contributed by atoms with E-state index in [1.54, 1.807) is 4.90 Å². The molecule has 1 fully saturated rings. The Hall–Kier alpha value is -3.54. The van der Waals surface area contributed by atoms with Gasteiger partial charge in [-0.15, -0.1) is 0 Å². The molecule has 0 radical (unpaired) electrons. The first kappa shape index (κ1) is 20.7. The number of anilines is 1. The van der Waals surface area contributed by atoms with Crippen molar-refractivity contribution in [3.05, 3.63) is 78.9 Å². The van der Waals surface area contributed by atoms with Crippen LogP contribution in [0.4, 0.5) is 5.69 Å². The molecule has 6 nitrogen and oxygen atoms in total. The van der Waals surface area contributed by atoms with Gasteiger partial charge >= 0.3 is 0 Å². The number of carbonyl (C=O) groups is 2. The molecular weight excluding hydrogens is 388 g/mol. The minimum atomic E-state index is -0.236. The Morgan fingerprint density at radius 2 is 1.87 bits per heavy atom. The van der Waals surface area contributed by atoms with Gasteiger partial charge in [-0.1, -0.05) is 62.2 Å². The van der Waals surface area contributed by atoms with Crippen LogP contribution < -0.4 is 4.90 Å². The first-order chi connectivity index (χ1) is 15.2. The average Bonchev–Trinajstić information content (AvgIpc) is 2.84. The van der Waals surface area contributed by atoms with Gasteiger partial charge in [0.15, 0.2) is 0 Å². The van der Waals surface area contributed by atoms with E-state index in [4.69, 9.17) is 0 Å². The van der Waals surface area contributed by atoms with Crippen molar-refractivity contribution in [3.8, 4) is 11.1 Å². The number of piperazine rings is 1. The highest BCUT2D eigenvalue weighted by molar-refractivity contribution is 6.01. The Balaban J connectivity index is 1.60. The summed E-state index contributed by atoms with van der Waals surface area (Å²) >= 11 is 0. The highest BCUT2D eigenvalue weighted by atomic mass is 16.2. The lowest BCUT2D eigenvalue weighted by molar-refractivity contribution is -0.121. The number of carbonyl (C=O) groups excluding carboxylic acids is 2. The maximum atomic E-state index is 13.1. The van der Waals surface area contributed by atoms with E-state index in [-0.39, 0.29) is 30.1 Å². The maximum Gasteiger partial charge on any atom is 0.274 e. The van der Waals surface area contributed by atoms with E-state index in [2.05, 4.69) is 29.0 Å². The first-order valence-corrected chi connectivity index (χ1v) is 10.7. The summed E-state index contributed by atoms with van der Waals surface area (Å²) in [6, 6.07) is 18.1. The molecule has 0 N–H and O–H groups in total. The van der Waals surface area contributed by atoms with Crippen molar-refractivity contribution >= 4 is 17.5 Å². The molecular formula is C25H26N4O2. The van der Waals surface area contributed by atoms with Crippen molar-refractivity contribution in [2.75, 3.05) is 18.0 Å². The van der Waals surface area contributed by atoms with Gasteiger partial charge in [-0.2, -0.15) is 0 Å². The second-order valence-electron chi connectivity index (χ2n) is 7.74. The van der Waals surface area contributed by atoms with Crippen molar-refractivity contribution in [2.24, 2.45) is 0 Å². The number of hydrogen-bond donors (Lipinski definition) is 0. The van der Waals surface area contributed by atoms with Crippen LogP contribution in [0.1, 0.15) is 36.7 Å². The summed E-state index contributed by atoms with van der Waals surface area (Å²) in [7, 11) is 0. The summed E-state index contributed by atoms with van der Waals surface area (Å²) in [5, 5.41) is 0. The third-order valence-electron chi connectivity index (χ3n) is 5.64. The summed E-state index contributed by atoms with van der Waals surface area (Å²) in [5.74, 6) is -0.324. The fourth-order valence-electron chi connectivity index (χ4n) is 3.99. The predicted molar refractivity (Wildman–Crippen MR) is 121 cm³/mol. The van der Waals surface area contributed by atoms with Crippen LogP contribution in [0, 0.1) is 0 Å². The zero-order chi connectivity index (χ0) is 21.6. The zero-order valence-electron chi connectivity index (χ0n) is 17.6. The van der Waals surface area contributed by atoms with Crippen molar-refractivity contribution in [2.45, 2.75) is 32.2 Å². The van der Waals surface area contributed by atoms with E-state index in [1.165, 1.54) is 18.6 Å². The molecule has 158 valence electrons. The summed E-state index contributed by atoms with van der Waals surface area (Å²) in [6.07, 6.45) is 7.35. The van der Waals surface area contributed by atoms with Crippen molar-refractivity contribution in [1.82, 2.24) is 14.9 Å². The van der Waals surface area contributed by atoms with Gasteiger partial charge in [0.1, 0.15) is 12.2 Å². The van der Waals surface area contributed by atoms with Gasteiger partial charge in [0.25, 0.3) is 5.91 Å². The standard InChI is InChI=1S/C25H26N4O2/c1-2-3-11-22-17-28(21-12-7-10-20(15-21)19-8-5-4-6-9-19)24(30)18-29(22)25(31)23-16-26-13-14-27-23/h4-10,12-16,22H,2-3,11,17-18H2,1H3/t22-/m0/s1. The molecule has 0 unspecified atom stereocenters. The number of aromatic nitrogens is 2. The van der Waals surface area contributed by atoms with Crippen molar-refractivity contribution in [3.63, 3.8) is 0 Å². The molecule has 4 rings (SSSR count). The second-order valence-corrected chi connectivity index (χ2v) is 7.74. The van der Waals surface area contributed by atoms with Crippen molar-refractivity contribution < 1.29 is 9.59 Å². The second kappa shape index (κ2) is 9.51. The predicted octanol–water partition coefficient (Wildman–Crippen LogP) is 4.19. The molecule has 6 heteroatoms. The maximum absolute atomic E-state index is 13.1. The molecule has 1 atom stereocenters. The van der Waals surface area contributed by atoms with Gasteiger partial charge in [-0.05, 0) is 29.7 Å². The van der Waals surface area contributed by atoms with Gasteiger partial charge in [0.2, 0.25) is 5.91 Å². The third-order valence-corrected chi connectivity index (χ3v) is 5.64. The monoisotopic (exact) mass is 414 g/mol. The fraction of sp³-hybridized carbons (Fsp3) is 0.280. The molecule has 0 saturated carbocycles. The molecule has 2 aromatic carbocycles. The lowest BCUT2D eigenvalue weighted by Gasteiger charge is -2.41. The average molecular weight is 415 g/mol. The lowest BCUT2D eigenvalue weighted by atomic mass is 10.0. The topological polar surface area (TPSA) is 66.4 Å². The van der Waals surface area contributed by atoms with E-state index < -0.39 is 0 Å². The van der Waals surface area contributed by atoms with Gasteiger partial charge in [0.05, 0.1) is 12.2 Å². The normalized spacial score (nSPS) is 16.4. The minimum absolute atomic E-state index is 0.0410. The summed E-state index contributed by atoms with van der Waals surface area (Å²) in [4.78, 5) is 37.8. The number of rotatable bonds is 6. The summed E-state index contributed by atoms with van der Waals surface area (Å²) < 4.78 is 0. The van der Waals surface area contributed by atoms with E-state index in [0.29, 0.717) is 6.54 Å². The quantitative estimate of drug-likeness (QED) is 0.607. The minimum Gasteiger partial charge on any atom is -0.323 e. The van der Waals surface area contributed by atoms with E-state index in [0.717, 1.165) is 36.1 Å². The number of benzene rings is 2. The van der Waals surface area contributed by atoms with Crippen LogP contribution in [0.3, 0.4) is 0 Å². The van der Waals surface area contributed by atoms with Crippen LogP contribution in [-0.4, -0.2) is 45.8 Å². The molecule has 1 saturated heterocycles. The van der Waals surface area contributed by atoms with E-state index in [9.17, 15) is 9.59 Å². The Morgan fingerprint density at radius 1 is 1.06 bits per heavy atom. The largest absolute Gasteiger partial charge is 0.323 e. The Morgan fingerprint density at radius 3 is 2.61 bits per heavy atom. The van der Waals surface area contributed by atoms with Crippen LogP contribution in [0.15, 0.2) is 73.2 Å². The zero-order valence-corrected chi connectivity index (χ0v) is 17.6. The molecule has 0 bridgehead atoms. The number of nitrogens with zero attached hydrogens (tertiary/aromatic N) is 4. The van der Waals surface area contributed by atoms with Crippen molar-refractivity contribution in [1.29, 1.82) is 0 Å². The van der Waals surface area contributed by atoms with Gasteiger partial charge < -0.3 is 9.80 Å². The molecule has 2 heterocycles. The number of hydrogen-bond acceptors (Lipinski definition) is 4. The van der Waals surface area contributed by atoms with Gasteiger partial charge in [0, 0.05) is 24.6 Å². The smallest absolute Gasteiger partial charge is 0.274 e. The van der Waals surface area contributed by atoms with Crippen LogP contribution in [0.2, 0.25) is 0 Å². The van der Waals surface area contributed by atoms with Crippen LogP contribution >= 0.6 is 0 Å². The SMILES string of the molecule is CCCC[C@H]1CN(c2cccc(-c3ccccc3)c2)C(=O)CN1C(=O)c1cnccn1. The van der Waals surface area contributed by atoms with Gasteiger partial charge in [-0.25, -0.2) is 4.98 Å².